The molecule has 0 saturated heterocycles. The molecule has 0 aliphatic carbocycles. The Morgan fingerprint density at radius 2 is 1.50 bits per heavy atom. The van der Waals surface area contributed by atoms with Crippen molar-refractivity contribution in [3.05, 3.63) is 23.8 Å². The van der Waals surface area contributed by atoms with Gasteiger partial charge in [0, 0.05) is 31.2 Å². The minimum atomic E-state index is -0.0858. The van der Waals surface area contributed by atoms with Gasteiger partial charge in [-0.05, 0) is 46.8 Å². The fourth-order valence-electron chi connectivity index (χ4n) is 2.61. The summed E-state index contributed by atoms with van der Waals surface area (Å²) < 4.78 is 0. The molecule has 1 atom stereocenters. The first-order chi connectivity index (χ1) is 9.34. The lowest BCUT2D eigenvalue weighted by molar-refractivity contribution is 0.174. The maximum atomic E-state index is 9.84. The van der Waals surface area contributed by atoms with Gasteiger partial charge in [-0.1, -0.05) is 6.07 Å². The van der Waals surface area contributed by atoms with E-state index < -0.39 is 0 Å². The Balaban J connectivity index is 2.57. The van der Waals surface area contributed by atoms with E-state index in [-0.39, 0.29) is 17.5 Å². The van der Waals surface area contributed by atoms with Gasteiger partial charge in [0.15, 0.2) is 0 Å². The summed E-state index contributed by atoms with van der Waals surface area (Å²) in [6.07, 6.45) is 0. The fraction of sp³-hybridized carbons (Fsp3) is 0.625. The first-order valence-corrected chi connectivity index (χ1v) is 7.34. The number of nitrogens with one attached hydrogen (secondary N) is 1. The molecule has 4 heteroatoms. The van der Waals surface area contributed by atoms with Crippen LogP contribution in [0.15, 0.2) is 18.2 Å². The highest BCUT2D eigenvalue weighted by molar-refractivity contribution is 5.44. The van der Waals surface area contributed by atoms with Crippen LogP contribution < -0.4 is 5.32 Å². The number of hydrogen-bond acceptors (Lipinski definition) is 4. The Bertz CT molecular complexity index is 391. The Kier molecular flexibility index (Phi) is 6.30. The molecule has 0 aliphatic rings. The van der Waals surface area contributed by atoms with Crippen LogP contribution in [0.5, 0.6) is 11.5 Å². The summed E-state index contributed by atoms with van der Waals surface area (Å²) in [4.78, 5) is 2.41. The zero-order valence-corrected chi connectivity index (χ0v) is 13.2. The molecule has 0 aromatic heterocycles. The van der Waals surface area contributed by atoms with E-state index in [0.717, 1.165) is 13.1 Å². The third-order valence-electron chi connectivity index (χ3n) is 3.64. The molecular formula is C16H28N2O2. The van der Waals surface area contributed by atoms with E-state index in [2.05, 4.69) is 37.9 Å². The maximum Gasteiger partial charge on any atom is 0.124 e. The van der Waals surface area contributed by atoms with E-state index in [1.54, 1.807) is 18.2 Å². The zero-order chi connectivity index (χ0) is 15.3. The van der Waals surface area contributed by atoms with E-state index in [1.807, 2.05) is 6.92 Å². The normalized spacial score (nSPS) is 13.4. The van der Waals surface area contributed by atoms with Gasteiger partial charge < -0.3 is 15.5 Å². The number of phenols is 2. The Morgan fingerprint density at radius 3 is 1.95 bits per heavy atom. The van der Waals surface area contributed by atoms with Gasteiger partial charge in [-0.15, -0.1) is 0 Å². The van der Waals surface area contributed by atoms with Crippen LogP contribution in [0.25, 0.3) is 0 Å². The molecule has 1 aromatic carbocycles. The van der Waals surface area contributed by atoms with Crippen molar-refractivity contribution in [3.63, 3.8) is 0 Å². The molecule has 3 N–H and O–H groups in total. The molecule has 0 spiro atoms. The van der Waals surface area contributed by atoms with Crippen molar-refractivity contribution in [3.8, 4) is 11.5 Å². The average Bonchev–Trinajstić information content (AvgIpc) is 2.33. The van der Waals surface area contributed by atoms with E-state index in [9.17, 15) is 10.2 Å². The smallest absolute Gasteiger partial charge is 0.124 e. The molecule has 0 aliphatic heterocycles. The SMILES string of the molecule is CC(NCCN(C(C)C)C(C)C)c1c(O)cccc1O. The second-order valence-electron chi connectivity index (χ2n) is 5.81. The average molecular weight is 280 g/mol. The highest BCUT2D eigenvalue weighted by atomic mass is 16.3. The molecule has 1 unspecified atom stereocenters. The van der Waals surface area contributed by atoms with E-state index in [4.69, 9.17) is 0 Å². The van der Waals surface area contributed by atoms with Crippen LogP contribution in [0.1, 0.15) is 46.2 Å². The first-order valence-electron chi connectivity index (χ1n) is 7.34. The summed E-state index contributed by atoms with van der Waals surface area (Å²) in [6.45, 7) is 12.5. The lowest BCUT2D eigenvalue weighted by atomic mass is 10.1. The fourth-order valence-corrected chi connectivity index (χ4v) is 2.61. The molecule has 0 saturated carbocycles. The molecule has 0 amide bonds. The van der Waals surface area contributed by atoms with Crippen molar-refractivity contribution in [2.75, 3.05) is 13.1 Å². The van der Waals surface area contributed by atoms with Crippen LogP contribution in [-0.4, -0.2) is 40.3 Å². The zero-order valence-electron chi connectivity index (χ0n) is 13.2. The summed E-state index contributed by atoms with van der Waals surface area (Å²) in [5, 5.41) is 23.0. The van der Waals surface area contributed by atoms with Crippen molar-refractivity contribution in [2.45, 2.75) is 52.7 Å². The number of benzene rings is 1. The lowest BCUT2D eigenvalue weighted by Gasteiger charge is -2.31. The molecule has 114 valence electrons. The van der Waals surface area contributed by atoms with Crippen molar-refractivity contribution >= 4 is 0 Å². The number of nitrogens with zero attached hydrogens (tertiary/aromatic N) is 1. The molecule has 1 aromatic rings. The summed E-state index contributed by atoms with van der Waals surface area (Å²) in [6, 6.07) is 5.76. The largest absolute Gasteiger partial charge is 0.507 e. The Hall–Kier alpha value is -1.26. The third kappa shape index (κ3) is 4.39. The number of aromatic hydroxyl groups is 2. The monoisotopic (exact) mass is 280 g/mol. The highest BCUT2D eigenvalue weighted by Gasteiger charge is 2.16. The van der Waals surface area contributed by atoms with Crippen LogP contribution in [0.3, 0.4) is 0 Å². The molecular weight excluding hydrogens is 252 g/mol. The Labute approximate surface area is 122 Å². The van der Waals surface area contributed by atoms with Crippen LogP contribution in [0.4, 0.5) is 0 Å². The van der Waals surface area contributed by atoms with Gasteiger partial charge in [0.1, 0.15) is 11.5 Å². The van der Waals surface area contributed by atoms with Gasteiger partial charge >= 0.3 is 0 Å². The number of hydrogen-bond donors (Lipinski definition) is 3. The van der Waals surface area contributed by atoms with E-state index in [1.165, 1.54) is 0 Å². The summed E-state index contributed by atoms with van der Waals surface area (Å²) in [7, 11) is 0. The van der Waals surface area contributed by atoms with Gasteiger partial charge in [-0.2, -0.15) is 0 Å². The molecule has 0 fully saturated rings. The maximum absolute atomic E-state index is 9.84. The minimum absolute atomic E-state index is 0.0858. The van der Waals surface area contributed by atoms with E-state index >= 15 is 0 Å². The molecule has 20 heavy (non-hydrogen) atoms. The van der Waals surface area contributed by atoms with E-state index in [0.29, 0.717) is 17.6 Å². The summed E-state index contributed by atoms with van der Waals surface area (Å²) >= 11 is 0. The van der Waals surface area contributed by atoms with Crippen LogP contribution in [0, 0.1) is 0 Å². The quantitative estimate of drug-likeness (QED) is 0.719. The molecule has 1 rings (SSSR count). The van der Waals surface area contributed by atoms with Gasteiger partial charge in [0.2, 0.25) is 0 Å². The van der Waals surface area contributed by atoms with Gasteiger partial charge in [-0.25, -0.2) is 0 Å². The van der Waals surface area contributed by atoms with Crippen molar-refractivity contribution in [2.24, 2.45) is 0 Å². The number of phenolic OH excluding ortho intramolecular Hbond substituents is 2. The minimum Gasteiger partial charge on any atom is -0.507 e. The lowest BCUT2D eigenvalue weighted by Crippen LogP contribution is -2.41. The van der Waals surface area contributed by atoms with Crippen molar-refractivity contribution in [1.82, 2.24) is 10.2 Å². The van der Waals surface area contributed by atoms with Crippen LogP contribution >= 0.6 is 0 Å². The third-order valence-corrected chi connectivity index (χ3v) is 3.64. The summed E-state index contributed by atoms with van der Waals surface area (Å²) in [5.41, 5.74) is 0.563. The van der Waals surface area contributed by atoms with Crippen molar-refractivity contribution < 1.29 is 10.2 Å². The first kappa shape index (κ1) is 16.8. The van der Waals surface area contributed by atoms with Crippen molar-refractivity contribution in [1.29, 1.82) is 0 Å². The summed E-state index contributed by atoms with van der Waals surface area (Å²) in [5.74, 6) is 0.268. The Morgan fingerprint density at radius 1 is 1.00 bits per heavy atom. The van der Waals surface area contributed by atoms with Crippen LogP contribution in [-0.2, 0) is 0 Å². The molecule has 0 radical (unpaired) electrons. The topological polar surface area (TPSA) is 55.7 Å². The van der Waals surface area contributed by atoms with Gasteiger partial charge in [0.05, 0.1) is 5.56 Å². The highest BCUT2D eigenvalue weighted by Crippen LogP contribution is 2.31. The molecule has 0 bridgehead atoms. The predicted octanol–water partition coefficient (Wildman–Crippen LogP) is 2.87. The van der Waals surface area contributed by atoms with Crippen LogP contribution in [0.2, 0.25) is 0 Å². The predicted molar refractivity (Wildman–Crippen MR) is 83.2 cm³/mol. The second-order valence-corrected chi connectivity index (χ2v) is 5.81. The second kappa shape index (κ2) is 7.50. The molecule has 0 heterocycles. The molecule has 4 nitrogen and oxygen atoms in total. The van der Waals surface area contributed by atoms with Gasteiger partial charge in [0.25, 0.3) is 0 Å². The number of rotatable bonds is 7. The standard InChI is InChI=1S/C16H28N2O2/c1-11(2)18(12(3)4)10-9-17-13(5)16-14(19)7-6-8-15(16)20/h6-8,11-13,17,19-20H,9-10H2,1-5H3. The van der Waals surface area contributed by atoms with Gasteiger partial charge in [-0.3, -0.25) is 4.90 Å².